The number of benzene rings is 1. The molecule has 0 saturated carbocycles. The smallest absolute Gasteiger partial charge is 0.306 e. The number of esters is 1. The van der Waals surface area contributed by atoms with Gasteiger partial charge in [0.1, 0.15) is 6.10 Å². The summed E-state index contributed by atoms with van der Waals surface area (Å²) in [6, 6.07) is 6.13. The third-order valence-electron chi connectivity index (χ3n) is 7.32. The normalized spacial score (nSPS) is 17.1. The monoisotopic (exact) mass is 585 g/mol. The average Bonchev–Trinajstić information content (AvgIpc) is 3.38. The van der Waals surface area contributed by atoms with Crippen molar-refractivity contribution in [2.24, 2.45) is 0 Å². The highest BCUT2D eigenvalue weighted by molar-refractivity contribution is 7.89. The van der Waals surface area contributed by atoms with Gasteiger partial charge in [-0.2, -0.15) is 4.31 Å². The fourth-order valence-corrected chi connectivity index (χ4v) is 7.28. The SMILES string of the molecule is CCCc1cnc(N2CCC(Oc3nc4ccc(C5=CCN(S(=O)(=O)CCC(=O)OC)CC5)cc4s3)CC2)nc1. The second kappa shape index (κ2) is 12.6. The zero-order chi connectivity index (χ0) is 28.1. The summed E-state index contributed by atoms with van der Waals surface area (Å²) in [5, 5.41) is 0.672. The standard InChI is InChI=1S/C28H35N5O5S2/c1-3-4-20-18-29-27(30-19-20)32-12-9-23(10-13-32)38-28-31-24-6-5-22(17-25(24)39-28)21-7-14-33(15-8-21)40(35,36)16-11-26(34)37-2/h5-7,17-19,23H,3-4,8-16H2,1-2H3. The van der Waals surface area contributed by atoms with Gasteiger partial charge in [0.25, 0.3) is 5.19 Å². The highest BCUT2D eigenvalue weighted by Crippen LogP contribution is 2.33. The number of aryl methyl sites for hydroxylation is 1. The Kier molecular flexibility index (Phi) is 8.97. The van der Waals surface area contributed by atoms with Crippen LogP contribution in [0.1, 0.15) is 50.2 Å². The molecule has 2 aliphatic rings. The number of carbonyl (C=O) groups excluding carboxylic acids is 1. The molecule has 0 N–H and O–H groups in total. The molecule has 0 aliphatic carbocycles. The highest BCUT2D eigenvalue weighted by atomic mass is 32.2. The van der Waals surface area contributed by atoms with E-state index in [0.29, 0.717) is 24.7 Å². The molecule has 5 rings (SSSR count). The van der Waals surface area contributed by atoms with E-state index in [1.165, 1.54) is 28.3 Å². The van der Waals surface area contributed by atoms with Gasteiger partial charge in [0.05, 0.1) is 29.5 Å². The number of anilines is 1. The molecular formula is C28H35N5O5S2. The number of thiazole rings is 1. The Labute approximate surface area is 239 Å². The first-order valence-electron chi connectivity index (χ1n) is 13.7. The van der Waals surface area contributed by atoms with Crippen molar-refractivity contribution in [1.82, 2.24) is 19.3 Å². The number of carbonyl (C=O) groups is 1. The van der Waals surface area contributed by atoms with Crippen LogP contribution in [0.2, 0.25) is 0 Å². The van der Waals surface area contributed by atoms with Crippen LogP contribution in [0, 0.1) is 0 Å². The lowest BCUT2D eigenvalue weighted by Gasteiger charge is -2.31. The Morgan fingerprint density at radius 1 is 1.15 bits per heavy atom. The minimum Gasteiger partial charge on any atom is -0.469 e. The highest BCUT2D eigenvalue weighted by Gasteiger charge is 2.26. The van der Waals surface area contributed by atoms with Crippen LogP contribution in [0.5, 0.6) is 5.19 Å². The molecule has 0 radical (unpaired) electrons. The summed E-state index contributed by atoms with van der Waals surface area (Å²) in [5.74, 6) is 0.0213. The van der Waals surface area contributed by atoms with Crippen LogP contribution in [0.15, 0.2) is 36.7 Å². The van der Waals surface area contributed by atoms with Crippen LogP contribution in [0.25, 0.3) is 15.8 Å². The van der Waals surface area contributed by atoms with Crippen molar-refractivity contribution in [3.63, 3.8) is 0 Å². The molecule has 1 aromatic carbocycles. The van der Waals surface area contributed by atoms with E-state index < -0.39 is 16.0 Å². The van der Waals surface area contributed by atoms with Gasteiger partial charge in [-0.05, 0) is 41.7 Å². The lowest BCUT2D eigenvalue weighted by atomic mass is 10.0. The molecule has 2 aliphatic heterocycles. The maximum Gasteiger partial charge on any atom is 0.306 e. The van der Waals surface area contributed by atoms with Crippen LogP contribution in [-0.2, 0) is 26.0 Å². The lowest BCUT2D eigenvalue weighted by molar-refractivity contribution is -0.140. The predicted molar refractivity (Wildman–Crippen MR) is 156 cm³/mol. The zero-order valence-electron chi connectivity index (χ0n) is 22.9. The number of hydrogen-bond donors (Lipinski definition) is 0. The second-order valence-corrected chi connectivity index (χ2v) is 13.2. The van der Waals surface area contributed by atoms with Crippen LogP contribution in [0.3, 0.4) is 0 Å². The van der Waals surface area contributed by atoms with Crippen LogP contribution >= 0.6 is 11.3 Å². The van der Waals surface area contributed by atoms with E-state index in [1.54, 1.807) is 0 Å². The molecule has 0 amide bonds. The molecule has 214 valence electrons. The number of ether oxygens (including phenoxy) is 2. The molecule has 40 heavy (non-hydrogen) atoms. The number of nitrogens with zero attached hydrogens (tertiary/aromatic N) is 5. The van der Waals surface area contributed by atoms with Crippen LogP contribution in [-0.4, -0.2) is 78.8 Å². The van der Waals surface area contributed by atoms with E-state index in [-0.39, 0.29) is 18.3 Å². The molecule has 1 fully saturated rings. The largest absolute Gasteiger partial charge is 0.469 e. The Hall–Kier alpha value is -3.09. The zero-order valence-corrected chi connectivity index (χ0v) is 24.5. The lowest BCUT2D eigenvalue weighted by Crippen LogP contribution is -2.39. The molecule has 10 nitrogen and oxygen atoms in total. The Bertz CT molecular complexity index is 1460. The van der Waals surface area contributed by atoms with Gasteiger partial charge < -0.3 is 14.4 Å². The van der Waals surface area contributed by atoms with Gasteiger partial charge in [-0.25, -0.2) is 23.4 Å². The summed E-state index contributed by atoms with van der Waals surface area (Å²) in [4.78, 5) is 27.4. The third kappa shape index (κ3) is 6.79. The summed E-state index contributed by atoms with van der Waals surface area (Å²) in [6.45, 7) is 4.52. The van der Waals surface area contributed by atoms with Crippen LogP contribution < -0.4 is 9.64 Å². The average molecular weight is 586 g/mol. The van der Waals surface area contributed by atoms with Gasteiger partial charge in [0.15, 0.2) is 0 Å². The third-order valence-corrected chi connectivity index (χ3v) is 10.1. The molecule has 0 atom stereocenters. The van der Waals surface area contributed by atoms with Crippen molar-refractivity contribution in [3.8, 4) is 5.19 Å². The number of hydrogen-bond acceptors (Lipinski definition) is 10. The van der Waals surface area contributed by atoms with Gasteiger partial charge in [-0.1, -0.05) is 36.8 Å². The Balaban J connectivity index is 1.16. The molecule has 12 heteroatoms. The molecule has 0 unspecified atom stereocenters. The van der Waals surface area contributed by atoms with Gasteiger partial charge in [0.2, 0.25) is 16.0 Å². The predicted octanol–water partition coefficient (Wildman–Crippen LogP) is 4.07. The fourth-order valence-electron chi connectivity index (χ4n) is 5.01. The Morgan fingerprint density at radius 3 is 2.60 bits per heavy atom. The van der Waals surface area contributed by atoms with Crippen molar-refractivity contribution in [2.75, 3.05) is 43.9 Å². The van der Waals surface area contributed by atoms with Crippen molar-refractivity contribution >= 4 is 49.1 Å². The number of sulfonamides is 1. The molecule has 4 heterocycles. The topological polar surface area (TPSA) is 115 Å². The van der Waals surface area contributed by atoms with E-state index in [1.807, 2.05) is 30.6 Å². The molecule has 2 aromatic heterocycles. The van der Waals surface area contributed by atoms with Crippen molar-refractivity contribution in [3.05, 3.63) is 47.8 Å². The minimum absolute atomic E-state index is 0.101. The molecule has 0 spiro atoms. The van der Waals surface area contributed by atoms with E-state index >= 15 is 0 Å². The summed E-state index contributed by atoms with van der Waals surface area (Å²) in [7, 11) is -2.25. The minimum atomic E-state index is -3.51. The maximum absolute atomic E-state index is 12.6. The van der Waals surface area contributed by atoms with E-state index in [9.17, 15) is 13.2 Å². The number of aromatic nitrogens is 3. The second-order valence-electron chi connectivity index (χ2n) is 10.1. The molecule has 0 bridgehead atoms. The summed E-state index contributed by atoms with van der Waals surface area (Å²) in [6.07, 6.45) is 10.2. The quantitative estimate of drug-likeness (QED) is 0.325. The van der Waals surface area contributed by atoms with E-state index in [2.05, 4.69) is 32.6 Å². The summed E-state index contributed by atoms with van der Waals surface area (Å²) in [5.41, 5.74) is 4.23. The van der Waals surface area contributed by atoms with Crippen molar-refractivity contribution < 1.29 is 22.7 Å². The first kappa shape index (κ1) is 28.4. The van der Waals surface area contributed by atoms with Crippen LogP contribution in [0.4, 0.5) is 5.95 Å². The maximum atomic E-state index is 12.6. The number of fused-ring (bicyclic) bond motifs is 1. The Morgan fingerprint density at radius 2 is 1.93 bits per heavy atom. The van der Waals surface area contributed by atoms with Crippen molar-refractivity contribution in [1.29, 1.82) is 0 Å². The summed E-state index contributed by atoms with van der Waals surface area (Å²) < 4.78 is 38.5. The first-order chi connectivity index (χ1) is 19.3. The van der Waals surface area contributed by atoms with Gasteiger partial charge in [-0.3, -0.25) is 4.79 Å². The van der Waals surface area contributed by atoms with Gasteiger partial charge >= 0.3 is 5.97 Å². The van der Waals surface area contributed by atoms with E-state index in [4.69, 9.17) is 9.72 Å². The number of piperidine rings is 1. The van der Waals surface area contributed by atoms with Gasteiger partial charge in [0, 0.05) is 51.4 Å². The summed E-state index contributed by atoms with van der Waals surface area (Å²) >= 11 is 1.54. The molecule has 1 saturated heterocycles. The number of methoxy groups -OCH3 is 1. The number of rotatable bonds is 10. The first-order valence-corrected chi connectivity index (χ1v) is 16.1. The molecular weight excluding hydrogens is 550 g/mol. The van der Waals surface area contributed by atoms with Gasteiger partial charge in [-0.15, -0.1) is 0 Å². The fraction of sp³-hybridized carbons (Fsp3) is 0.500. The molecule has 3 aromatic rings. The van der Waals surface area contributed by atoms with E-state index in [0.717, 1.165) is 66.1 Å². The van der Waals surface area contributed by atoms with Crippen molar-refractivity contribution in [2.45, 2.75) is 51.6 Å².